The van der Waals surface area contributed by atoms with Gasteiger partial charge in [-0.25, -0.2) is 0 Å². The number of benzene rings is 1. The number of nitrogens with one attached hydrogen (secondary N) is 1. The third kappa shape index (κ3) is 2.51. The van der Waals surface area contributed by atoms with E-state index in [9.17, 15) is 4.79 Å². The number of rotatable bonds is 1. The second kappa shape index (κ2) is 4.87. The molecule has 4 heteroatoms. The largest absolute Gasteiger partial charge is 0.336 e. The van der Waals surface area contributed by atoms with Gasteiger partial charge in [-0.3, -0.25) is 9.78 Å². The predicted molar refractivity (Wildman–Crippen MR) is 79.7 cm³/mol. The first-order valence-electron chi connectivity index (χ1n) is 6.94. The number of carbonyl (C=O) groups is 1. The molecular formula is C16H19N3O. The van der Waals surface area contributed by atoms with E-state index in [0.717, 1.165) is 36.1 Å². The lowest BCUT2D eigenvalue weighted by Crippen LogP contribution is -2.58. The minimum atomic E-state index is -0.0215. The van der Waals surface area contributed by atoms with Crippen LogP contribution in [-0.2, 0) is 0 Å². The third-order valence-corrected chi connectivity index (χ3v) is 3.71. The Bertz CT molecular complexity index is 651. The Morgan fingerprint density at radius 1 is 1.35 bits per heavy atom. The summed E-state index contributed by atoms with van der Waals surface area (Å²) in [6.07, 6.45) is 1.77. The van der Waals surface area contributed by atoms with Gasteiger partial charge in [-0.1, -0.05) is 6.07 Å². The molecule has 0 aliphatic carbocycles. The van der Waals surface area contributed by atoms with E-state index in [1.54, 1.807) is 6.20 Å². The zero-order valence-electron chi connectivity index (χ0n) is 11.9. The van der Waals surface area contributed by atoms with Gasteiger partial charge in [0.2, 0.25) is 0 Å². The number of nitrogens with zero attached hydrogens (tertiary/aromatic N) is 2. The summed E-state index contributed by atoms with van der Waals surface area (Å²) in [6.45, 7) is 6.58. The summed E-state index contributed by atoms with van der Waals surface area (Å²) in [5.41, 5.74) is 1.64. The van der Waals surface area contributed by atoms with E-state index >= 15 is 0 Å². The quantitative estimate of drug-likeness (QED) is 0.862. The number of carbonyl (C=O) groups excluding carboxylic acids is 1. The topological polar surface area (TPSA) is 45.2 Å². The minimum Gasteiger partial charge on any atom is -0.336 e. The molecular weight excluding hydrogens is 250 g/mol. The van der Waals surface area contributed by atoms with Gasteiger partial charge in [0, 0.05) is 42.3 Å². The molecule has 1 saturated heterocycles. The molecule has 0 saturated carbocycles. The van der Waals surface area contributed by atoms with Crippen molar-refractivity contribution in [2.45, 2.75) is 19.4 Å². The van der Waals surface area contributed by atoms with Crippen molar-refractivity contribution in [1.82, 2.24) is 15.2 Å². The SMILES string of the molecule is CC1(C)CN(C(=O)c2ccc3ncccc3c2)CCN1. The number of fused-ring (bicyclic) bond motifs is 1. The molecule has 1 N–H and O–H groups in total. The fourth-order valence-corrected chi connectivity index (χ4v) is 2.71. The highest BCUT2D eigenvalue weighted by molar-refractivity contribution is 5.98. The zero-order valence-corrected chi connectivity index (χ0v) is 11.9. The fraction of sp³-hybridized carbons (Fsp3) is 0.375. The van der Waals surface area contributed by atoms with Gasteiger partial charge in [0.1, 0.15) is 0 Å². The molecule has 1 aliphatic heterocycles. The molecule has 0 spiro atoms. The molecule has 2 heterocycles. The first kappa shape index (κ1) is 13.1. The standard InChI is InChI=1S/C16H19N3O/c1-16(2)11-19(9-8-18-16)15(20)13-5-6-14-12(10-13)4-3-7-17-14/h3-7,10,18H,8-9,11H2,1-2H3. The summed E-state index contributed by atoms with van der Waals surface area (Å²) >= 11 is 0. The summed E-state index contributed by atoms with van der Waals surface area (Å²) < 4.78 is 0. The zero-order chi connectivity index (χ0) is 14.2. The van der Waals surface area contributed by atoms with Gasteiger partial charge in [-0.2, -0.15) is 0 Å². The van der Waals surface area contributed by atoms with Crippen LogP contribution >= 0.6 is 0 Å². The summed E-state index contributed by atoms with van der Waals surface area (Å²) in [5.74, 6) is 0.102. The van der Waals surface area contributed by atoms with E-state index < -0.39 is 0 Å². The van der Waals surface area contributed by atoms with Gasteiger partial charge in [0.25, 0.3) is 5.91 Å². The lowest BCUT2D eigenvalue weighted by atomic mass is 10.0. The molecule has 4 nitrogen and oxygen atoms in total. The second-order valence-corrected chi connectivity index (χ2v) is 5.95. The van der Waals surface area contributed by atoms with E-state index in [1.165, 1.54) is 0 Å². The lowest BCUT2D eigenvalue weighted by molar-refractivity contribution is 0.0652. The summed E-state index contributed by atoms with van der Waals surface area (Å²) in [6, 6.07) is 9.59. The molecule has 0 unspecified atom stereocenters. The van der Waals surface area contributed by atoms with Crippen molar-refractivity contribution in [2.75, 3.05) is 19.6 Å². The molecule has 1 aliphatic rings. The van der Waals surface area contributed by atoms with Crippen LogP contribution in [0, 0.1) is 0 Å². The highest BCUT2D eigenvalue weighted by Crippen LogP contribution is 2.17. The molecule has 20 heavy (non-hydrogen) atoms. The number of pyridine rings is 1. The molecule has 1 aromatic heterocycles. The van der Waals surface area contributed by atoms with Crippen molar-refractivity contribution in [3.63, 3.8) is 0 Å². The van der Waals surface area contributed by atoms with Crippen LogP contribution in [0.15, 0.2) is 36.5 Å². The number of aromatic nitrogens is 1. The second-order valence-electron chi connectivity index (χ2n) is 5.95. The molecule has 0 radical (unpaired) electrons. The first-order valence-corrected chi connectivity index (χ1v) is 6.94. The third-order valence-electron chi connectivity index (χ3n) is 3.71. The Balaban J connectivity index is 1.88. The van der Waals surface area contributed by atoms with Crippen LogP contribution in [0.3, 0.4) is 0 Å². The summed E-state index contributed by atoms with van der Waals surface area (Å²) in [4.78, 5) is 18.8. The molecule has 1 fully saturated rings. The maximum atomic E-state index is 12.6. The number of piperazine rings is 1. The van der Waals surface area contributed by atoms with Gasteiger partial charge in [-0.05, 0) is 38.1 Å². The molecule has 0 bridgehead atoms. The van der Waals surface area contributed by atoms with Crippen LogP contribution < -0.4 is 5.32 Å². The smallest absolute Gasteiger partial charge is 0.253 e. The summed E-state index contributed by atoms with van der Waals surface area (Å²) in [5, 5.41) is 4.43. The highest BCUT2D eigenvalue weighted by Gasteiger charge is 2.29. The van der Waals surface area contributed by atoms with Crippen molar-refractivity contribution in [3.05, 3.63) is 42.1 Å². The molecule has 0 atom stereocenters. The van der Waals surface area contributed by atoms with E-state index in [0.29, 0.717) is 0 Å². The maximum absolute atomic E-state index is 12.6. The van der Waals surface area contributed by atoms with Crippen molar-refractivity contribution < 1.29 is 4.79 Å². The average molecular weight is 269 g/mol. The van der Waals surface area contributed by atoms with Crippen LogP contribution in [-0.4, -0.2) is 41.0 Å². The number of hydrogen-bond acceptors (Lipinski definition) is 3. The molecule has 1 aromatic carbocycles. The lowest BCUT2D eigenvalue weighted by Gasteiger charge is -2.39. The number of amides is 1. The molecule has 104 valence electrons. The highest BCUT2D eigenvalue weighted by atomic mass is 16.2. The van der Waals surface area contributed by atoms with Gasteiger partial charge in [-0.15, -0.1) is 0 Å². The van der Waals surface area contributed by atoms with E-state index in [2.05, 4.69) is 24.1 Å². The Hall–Kier alpha value is -1.94. The van der Waals surface area contributed by atoms with Crippen LogP contribution in [0.1, 0.15) is 24.2 Å². The van der Waals surface area contributed by atoms with E-state index in [4.69, 9.17) is 0 Å². The van der Waals surface area contributed by atoms with Crippen LogP contribution in [0.2, 0.25) is 0 Å². The average Bonchev–Trinajstić information content (AvgIpc) is 2.45. The van der Waals surface area contributed by atoms with Crippen LogP contribution in [0.25, 0.3) is 10.9 Å². The van der Waals surface area contributed by atoms with Gasteiger partial charge in [0.15, 0.2) is 0 Å². The van der Waals surface area contributed by atoms with Crippen LogP contribution in [0.5, 0.6) is 0 Å². The summed E-state index contributed by atoms with van der Waals surface area (Å²) in [7, 11) is 0. The van der Waals surface area contributed by atoms with Crippen molar-refractivity contribution in [2.24, 2.45) is 0 Å². The monoisotopic (exact) mass is 269 g/mol. The first-order chi connectivity index (χ1) is 9.55. The Morgan fingerprint density at radius 2 is 2.20 bits per heavy atom. The van der Waals surface area contributed by atoms with Crippen LogP contribution in [0.4, 0.5) is 0 Å². The fourth-order valence-electron chi connectivity index (χ4n) is 2.71. The Kier molecular flexibility index (Phi) is 3.18. The molecule has 2 aromatic rings. The van der Waals surface area contributed by atoms with Crippen molar-refractivity contribution in [1.29, 1.82) is 0 Å². The van der Waals surface area contributed by atoms with E-state index in [-0.39, 0.29) is 11.4 Å². The number of hydrogen-bond donors (Lipinski definition) is 1. The van der Waals surface area contributed by atoms with Crippen molar-refractivity contribution in [3.8, 4) is 0 Å². The van der Waals surface area contributed by atoms with Gasteiger partial charge in [0.05, 0.1) is 5.52 Å². The predicted octanol–water partition coefficient (Wildman–Crippen LogP) is 2.06. The maximum Gasteiger partial charge on any atom is 0.253 e. The molecule has 1 amide bonds. The van der Waals surface area contributed by atoms with Crippen molar-refractivity contribution >= 4 is 16.8 Å². The van der Waals surface area contributed by atoms with Gasteiger partial charge < -0.3 is 10.2 Å². The molecule has 3 rings (SSSR count). The minimum absolute atomic E-state index is 0.0215. The Morgan fingerprint density at radius 3 is 3.00 bits per heavy atom. The van der Waals surface area contributed by atoms with Gasteiger partial charge >= 0.3 is 0 Å². The Labute approximate surface area is 118 Å². The van der Waals surface area contributed by atoms with E-state index in [1.807, 2.05) is 35.2 Å². The normalized spacial score (nSPS) is 18.2.